The summed E-state index contributed by atoms with van der Waals surface area (Å²) in [5.74, 6) is 0.502. The summed E-state index contributed by atoms with van der Waals surface area (Å²) in [6.07, 6.45) is 3.97. The molecule has 0 radical (unpaired) electrons. The molecule has 3 rings (SSSR count). The van der Waals surface area contributed by atoms with Crippen LogP contribution in [0.2, 0.25) is 0 Å². The van der Waals surface area contributed by atoms with Crippen molar-refractivity contribution in [3.8, 4) is 0 Å². The van der Waals surface area contributed by atoms with Gasteiger partial charge < -0.3 is 0 Å². The van der Waals surface area contributed by atoms with Gasteiger partial charge in [-0.1, -0.05) is 0 Å². The van der Waals surface area contributed by atoms with Crippen molar-refractivity contribution in [3.63, 3.8) is 0 Å². The Morgan fingerprint density at radius 2 is 1.84 bits per heavy atom. The van der Waals surface area contributed by atoms with E-state index in [4.69, 9.17) is 0 Å². The van der Waals surface area contributed by atoms with Crippen molar-refractivity contribution in [1.82, 2.24) is 9.62 Å². The molecule has 0 aliphatic heterocycles. The molecule has 0 spiro atoms. The standard InChI is InChI=1S/C26H37IN4O5S2/c1-19-9-11-20(12-10-19)26(32)29-38(35,36)23-13-14-25(24(17-23)27-31(33)34)28-21(15-16-30(2)3)18-37-22-7-5-4-6-8-22/h4-8,13-14,17,19-21,28H,9-12,15-16,18H2,1-3H3,(H,29,32)(H,33,34)/t19?,20?,21-/m1/s1. The Hall–Kier alpha value is -1.90. The molecule has 1 aliphatic rings. The predicted molar refractivity (Wildman–Crippen MR) is 145 cm³/mol. The average Bonchev–Trinajstić information content (AvgIpc) is 2.86. The monoisotopic (exact) mass is 676 g/mol. The van der Waals surface area contributed by atoms with Crippen molar-refractivity contribution in [1.29, 1.82) is 0 Å². The topological polar surface area (TPSA) is 119 Å². The predicted octanol–water partition coefficient (Wildman–Crippen LogP) is 1.18. The molecule has 1 amide bonds. The van der Waals surface area contributed by atoms with Crippen LogP contribution in [0.4, 0.5) is 5.69 Å². The zero-order valence-corrected chi connectivity index (χ0v) is 25.8. The van der Waals surface area contributed by atoms with Gasteiger partial charge in [0.2, 0.25) is 0 Å². The molecule has 0 bridgehead atoms. The third-order valence-corrected chi connectivity index (χ3v) is 10.9. The molecule has 38 heavy (non-hydrogen) atoms. The van der Waals surface area contributed by atoms with Gasteiger partial charge in [0.05, 0.1) is 0 Å². The van der Waals surface area contributed by atoms with Crippen LogP contribution in [0.1, 0.15) is 39.0 Å². The number of rotatable bonds is 13. The minimum atomic E-state index is -4.12. The van der Waals surface area contributed by atoms with Crippen LogP contribution in [-0.2, 0) is 14.8 Å². The number of thioether (sulfide) groups is 1. The van der Waals surface area contributed by atoms with Crippen molar-refractivity contribution < 1.29 is 43.0 Å². The van der Waals surface area contributed by atoms with Crippen LogP contribution < -0.4 is 31.5 Å². The normalized spacial score (nSPS) is 18.7. The molecule has 0 unspecified atom stereocenters. The van der Waals surface area contributed by atoms with Gasteiger partial charge in [-0.3, -0.25) is 0 Å². The molecule has 0 heterocycles. The average molecular weight is 677 g/mol. The fraction of sp³-hybridized carbons (Fsp3) is 0.500. The quantitative estimate of drug-likeness (QED) is 0.125. The van der Waals surface area contributed by atoms with E-state index in [-0.39, 0.29) is 20.0 Å². The zero-order valence-electron chi connectivity index (χ0n) is 22.0. The third-order valence-electron chi connectivity index (χ3n) is 6.51. The molecule has 1 saturated carbocycles. The molecule has 3 N–H and O–H groups in total. The number of anilines is 1. The number of amides is 1. The van der Waals surface area contributed by atoms with Gasteiger partial charge in [0.15, 0.2) is 0 Å². The van der Waals surface area contributed by atoms with E-state index in [1.807, 2.05) is 44.4 Å². The molecule has 1 atom stereocenters. The first-order valence-corrected chi connectivity index (χ1v) is 17.2. The Morgan fingerprint density at radius 1 is 1.16 bits per heavy atom. The summed E-state index contributed by atoms with van der Waals surface area (Å²) >= 11 is 0.119. The second-order valence-electron chi connectivity index (χ2n) is 9.94. The summed E-state index contributed by atoms with van der Waals surface area (Å²) in [5.41, 5.74) is 0.608. The van der Waals surface area contributed by atoms with Gasteiger partial charge in [-0.2, -0.15) is 0 Å². The molecular formula is C26H37IN4O5S2. The van der Waals surface area contributed by atoms with E-state index in [9.17, 15) is 23.3 Å². The third kappa shape index (κ3) is 9.69. The molecule has 0 aromatic heterocycles. The van der Waals surface area contributed by atoms with Crippen molar-refractivity contribution in [2.24, 2.45) is 11.8 Å². The van der Waals surface area contributed by atoms with E-state index < -0.39 is 37.4 Å². The summed E-state index contributed by atoms with van der Waals surface area (Å²) in [6.45, 7) is 2.97. The fourth-order valence-corrected chi connectivity index (χ4v) is 8.06. The number of halogens is 1. The Bertz CT molecular complexity index is 1190. The van der Waals surface area contributed by atoms with Gasteiger partial charge in [0.25, 0.3) is 0 Å². The van der Waals surface area contributed by atoms with E-state index in [1.165, 1.54) is 12.1 Å². The number of carbonyl (C=O) groups is 1. The van der Waals surface area contributed by atoms with Gasteiger partial charge in [0.1, 0.15) is 0 Å². The summed E-state index contributed by atoms with van der Waals surface area (Å²) in [6, 6.07) is 14.5. The Kier molecular flexibility index (Phi) is 11.7. The molecule has 1 aliphatic carbocycles. The number of benzene rings is 2. The molecule has 210 valence electrons. The SMILES string of the molecule is CC1CCC(C(=O)NS(=O)(=O)c2ccc(N[C@H](CCN(C)C)CSc3ccccc3)c([I-][N+](=O)O)c2)CC1. The van der Waals surface area contributed by atoms with Crippen LogP contribution in [-0.4, -0.2) is 60.0 Å². The molecule has 2 aromatic carbocycles. The van der Waals surface area contributed by atoms with Crippen LogP contribution in [0.5, 0.6) is 0 Å². The number of nitrogens with zero attached hydrogens (tertiary/aromatic N) is 2. The summed E-state index contributed by atoms with van der Waals surface area (Å²) in [7, 11) is -0.114. The van der Waals surface area contributed by atoms with Crippen LogP contribution in [0, 0.1) is 20.3 Å². The van der Waals surface area contributed by atoms with Crippen LogP contribution in [0.25, 0.3) is 0 Å². The first-order valence-electron chi connectivity index (χ1n) is 12.6. The van der Waals surface area contributed by atoms with E-state index >= 15 is 0 Å². The van der Waals surface area contributed by atoms with E-state index in [1.54, 1.807) is 17.8 Å². The number of hydrogen-bond acceptors (Lipinski definition) is 7. The summed E-state index contributed by atoms with van der Waals surface area (Å²) < 4.78 is 28.7. The van der Waals surface area contributed by atoms with Crippen molar-refractivity contribution in [3.05, 3.63) is 57.0 Å². The molecular weight excluding hydrogens is 639 g/mol. The van der Waals surface area contributed by atoms with Gasteiger partial charge >= 0.3 is 241 Å². The molecule has 12 heteroatoms. The van der Waals surface area contributed by atoms with Crippen molar-refractivity contribution in [2.75, 3.05) is 31.7 Å². The first kappa shape index (κ1) is 30.6. The fourth-order valence-electron chi connectivity index (χ4n) is 4.27. The van der Waals surface area contributed by atoms with Crippen LogP contribution in [0.15, 0.2) is 58.3 Å². The second-order valence-corrected chi connectivity index (χ2v) is 15.2. The molecule has 9 nitrogen and oxygen atoms in total. The maximum absolute atomic E-state index is 13.1. The second kappa shape index (κ2) is 14.5. The number of hydrogen-bond donors (Lipinski definition) is 3. The summed E-state index contributed by atoms with van der Waals surface area (Å²) in [5, 5.41) is 13.0. The summed E-state index contributed by atoms with van der Waals surface area (Å²) in [4.78, 5) is 27.4. The Balaban J connectivity index is 1.78. The Morgan fingerprint density at radius 3 is 2.47 bits per heavy atom. The van der Waals surface area contributed by atoms with Crippen molar-refractivity contribution >= 4 is 33.4 Å². The molecule has 1 fully saturated rings. The number of carbonyl (C=O) groups excluding carboxylic acids is 1. The number of sulfonamides is 1. The maximum atomic E-state index is 13.1. The first-order chi connectivity index (χ1) is 18.0. The van der Waals surface area contributed by atoms with Crippen molar-refractivity contribution in [2.45, 2.75) is 54.9 Å². The van der Waals surface area contributed by atoms with E-state index in [2.05, 4.69) is 21.9 Å². The van der Waals surface area contributed by atoms with Gasteiger partial charge in [-0.25, -0.2) is 0 Å². The molecule has 0 saturated heterocycles. The Labute approximate surface area is 240 Å². The number of nitrogens with one attached hydrogen (secondary N) is 2. The van der Waals surface area contributed by atoms with Gasteiger partial charge in [0, 0.05) is 0 Å². The van der Waals surface area contributed by atoms with E-state index in [0.29, 0.717) is 28.0 Å². The van der Waals surface area contributed by atoms with Crippen LogP contribution in [0.3, 0.4) is 0 Å². The van der Waals surface area contributed by atoms with Gasteiger partial charge in [-0.05, 0) is 0 Å². The van der Waals surface area contributed by atoms with E-state index in [0.717, 1.165) is 36.5 Å². The zero-order chi connectivity index (χ0) is 27.7. The van der Waals surface area contributed by atoms with Crippen LogP contribution >= 0.6 is 11.8 Å². The van der Waals surface area contributed by atoms with Gasteiger partial charge in [-0.15, -0.1) is 0 Å². The minimum absolute atomic E-state index is 0.0278. The molecule has 2 aromatic rings.